The van der Waals surface area contributed by atoms with Gasteiger partial charge in [0.2, 0.25) is 0 Å². The van der Waals surface area contributed by atoms with Gasteiger partial charge >= 0.3 is 11.9 Å². The topological polar surface area (TPSA) is 101 Å². The SMILES string of the molecule is CN(C)c1cccc(C(=O)OCC(=O)NNC(=O)c2ccco2)c1. The van der Waals surface area contributed by atoms with Crippen molar-refractivity contribution in [2.24, 2.45) is 0 Å². The molecule has 0 aliphatic rings. The zero-order valence-corrected chi connectivity index (χ0v) is 13.2. The lowest BCUT2D eigenvalue weighted by molar-refractivity contribution is -0.125. The molecule has 0 radical (unpaired) electrons. The highest BCUT2D eigenvalue weighted by Gasteiger charge is 2.13. The molecule has 0 aliphatic carbocycles. The molecule has 0 aliphatic heterocycles. The van der Waals surface area contributed by atoms with E-state index in [-0.39, 0.29) is 5.76 Å². The summed E-state index contributed by atoms with van der Waals surface area (Å²) < 4.78 is 9.76. The highest BCUT2D eigenvalue weighted by Crippen LogP contribution is 2.14. The van der Waals surface area contributed by atoms with Crippen LogP contribution in [0.2, 0.25) is 0 Å². The monoisotopic (exact) mass is 331 g/mol. The number of nitrogens with zero attached hydrogens (tertiary/aromatic N) is 1. The smallest absolute Gasteiger partial charge is 0.338 e. The Hall–Kier alpha value is -3.29. The Morgan fingerprint density at radius 3 is 2.58 bits per heavy atom. The normalized spacial score (nSPS) is 9.92. The van der Waals surface area contributed by atoms with E-state index in [2.05, 4.69) is 10.9 Å². The van der Waals surface area contributed by atoms with Crippen LogP contribution in [0.3, 0.4) is 0 Å². The van der Waals surface area contributed by atoms with Crippen molar-refractivity contribution in [1.82, 2.24) is 10.9 Å². The Bertz CT molecular complexity index is 725. The van der Waals surface area contributed by atoms with Gasteiger partial charge in [0, 0.05) is 19.8 Å². The molecule has 2 rings (SSSR count). The van der Waals surface area contributed by atoms with Crippen molar-refractivity contribution in [2.45, 2.75) is 0 Å². The number of benzene rings is 1. The maximum Gasteiger partial charge on any atom is 0.338 e. The molecule has 2 amide bonds. The van der Waals surface area contributed by atoms with E-state index in [4.69, 9.17) is 9.15 Å². The number of furan rings is 1. The average molecular weight is 331 g/mol. The minimum absolute atomic E-state index is 0.0489. The summed E-state index contributed by atoms with van der Waals surface area (Å²) in [5.74, 6) is -1.87. The zero-order valence-electron chi connectivity index (χ0n) is 13.2. The molecular weight excluding hydrogens is 314 g/mol. The van der Waals surface area contributed by atoms with Crippen molar-refractivity contribution >= 4 is 23.5 Å². The molecule has 8 nitrogen and oxygen atoms in total. The molecule has 1 aromatic heterocycles. The average Bonchev–Trinajstić information content (AvgIpc) is 3.12. The van der Waals surface area contributed by atoms with Crippen molar-refractivity contribution < 1.29 is 23.5 Å². The van der Waals surface area contributed by atoms with E-state index >= 15 is 0 Å². The largest absolute Gasteiger partial charge is 0.459 e. The predicted molar refractivity (Wildman–Crippen MR) is 85.4 cm³/mol. The van der Waals surface area contributed by atoms with Crippen LogP contribution in [0.5, 0.6) is 0 Å². The van der Waals surface area contributed by atoms with E-state index in [1.807, 2.05) is 25.1 Å². The lowest BCUT2D eigenvalue weighted by atomic mass is 10.2. The molecule has 0 saturated carbocycles. The molecule has 0 unspecified atom stereocenters. The van der Waals surface area contributed by atoms with E-state index < -0.39 is 24.4 Å². The molecule has 1 heterocycles. The number of carbonyl (C=O) groups excluding carboxylic acids is 3. The van der Waals surface area contributed by atoms with Crippen LogP contribution in [0.1, 0.15) is 20.9 Å². The number of hydrogen-bond acceptors (Lipinski definition) is 6. The fraction of sp³-hybridized carbons (Fsp3) is 0.188. The standard InChI is InChI=1S/C16H17N3O5/c1-19(2)12-6-3-5-11(9-12)16(22)24-10-14(20)17-18-15(21)13-7-4-8-23-13/h3-9H,10H2,1-2H3,(H,17,20)(H,18,21). The molecule has 0 bridgehead atoms. The Morgan fingerprint density at radius 1 is 1.12 bits per heavy atom. The van der Waals surface area contributed by atoms with Crippen LogP contribution in [-0.4, -0.2) is 38.5 Å². The summed E-state index contributed by atoms with van der Waals surface area (Å²) in [5.41, 5.74) is 5.43. The van der Waals surface area contributed by atoms with Crippen molar-refractivity contribution in [1.29, 1.82) is 0 Å². The van der Waals surface area contributed by atoms with Gasteiger partial charge in [-0.05, 0) is 30.3 Å². The lowest BCUT2D eigenvalue weighted by Gasteiger charge is -2.13. The summed E-state index contributed by atoms with van der Waals surface area (Å²) in [7, 11) is 3.69. The lowest BCUT2D eigenvalue weighted by Crippen LogP contribution is -2.43. The van der Waals surface area contributed by atoms with Crippen molar-refractivity contribution in [2.75, 3.05) is 25.6 Å². The fourth-order valence-electron chi connectivity index (χ4n) is 1.76. The second-order valence-corrected chi connectivity index (χ2v) is 5.00. The summed E-state index contributed by atoms with van der Waals surface area (Å²) in [6, 6.07) is 9.79. The molecule has 0 spiro atoms. The number of anilines is 1. The van der Waals surface area contributed by atoms with E-state index in [9.17, 15) is 14.4 Å². The quantitative estimate of drug-likeness (QED) is 0.625. The minimum atomic E-state index is -0.674. The number of hydrazine groups is 1. The number of esters is 1. The molecule has 2 aromatic rings. The van der Waals surface area contributed by atoms with Gasteiger partial charge < -0.3 is 14.1 Å². The number of rotatable bonds is 5. The Balaban J connectivity index is 1.80. The Morgan fingerprint density at radius 2 is 1.92 bits per heavy atom. The highest BCUT2D eigenvalue weighted by molar-refractivity contribution is 5.94. The first kappa shape index (κ1) is 17.1. The summed E-state index contributed by atoms with van der Waals surface area (Å²) >= 11 is 0. The van der Waals surface area contributed by atoms with Gasteiger partial charge in [-0.1, -0.05) is 6.07 Å². The molecule has 8 heteroatoms. The number of carbonyl (C=O) groups is 3. The number of nitrogens with one attached hydrogen (secondary N) is 2. The second-order valence-electron chi connectivity index (χ2n) is 5.00. The Labute approximate surface area is 138 Å². The van der Waals surface area contributed by atoms with Gasteiger partial charge in [-0.2, -0.15) is 0 Å². The highest BCUT2D eigenvalue weighted by atomic mass is 16.5. The molecule has 126 valence electrons. The number of ether oxygens (including phenoxy) is 1. The number of amides is 2. The van der Waals surface area contributed by atoms with Crippen LogP contribution in [-0.2, 0) is 9.53 Å². The molecular formula is C16H17N3O5. The van der Waals surface area contributed by atoms with Gasteiger partial charge in [0.25, 0.3) is 5.91 Å². The van der Waals surface area contributed by atoms with E-state index in [1.54, 1.807) is 24.3 Å². The summed E-state index contributed by atoms with van der Waals surface area (Å²) in [5, 5.41) is 0. The van der Waals surface area contributed by atoms with Crippen molar-refractivity contribution in [3.05, 3.63) is 54.0 Å². The van der Waals surface area contributed by atoms with E-state index in [0.717, 1.165) is 5.69 Å². The van der Waals surface area contributed by atoms with Gasteiger partial charge in [0.05, 0.1) is 11.8 Å². The molecule has 0 fully saturated rings. The van der Waals surface area contributed by atoms with Crippen LogP contribution in [0.4, 0.5) is 5.69 Å². The third kappa shape index (κ3) is 4.60. The van der Waals surface area contributed by atoms with Crippen LogP contribution < -0.4 is 15.8 Å². The molecule has 24 heavy (non-hydrogen) atoms. The van der Waals surface area contributed by atoms with E-state index in [1.165, 1.54) is 12.3 Å². The first-order chi connectivity index (χ1) is 11.5. The fourth-order valence-corrected chi connectivity index (χ4v) is 1.76. The van der Waals surface area contributed by atoms with Gasteiger partial charge in [0.1, 0.15) is 0 Å². The van der Waals surface area contributed by atoms with Crippen LogP contribution in [0.15, 0.2) is 47.1 Å². The van der Waals surface area contributed by atoms with Crippen LogP contribution >= 0.6 is 0 Å². The molecule has 2 N–H and O–H groups in total. The third-order valence-electron chi connectivity index (χ3n) is 2.99. The summed E-state index contributed by atoms with van der Waals surface area (Å²) in [6.07, 6.45) is 1.33. The maximum atomic E-state index is 11.9. The first-order valence-corrected chi connectivity index (χ1v) is 7.04. The van der Waals surface area contributed by atoms with E-state index in [0.29, 0.717) is 5.56 Å². The molecule has 1 aromatic carbocycles. The molecule has 0 saturated heterocycles. The van der Waals surface area contributed by atoms with Crippen molar-refractivity contribution in [3.8, 4) is 0 Å². The number of hydrogen-bond donors (Lipinski definition) is 2. The third-order valence-corrected chi connectivity index (χ3v) is 2.99. The van der Waals surface area contributed by atoms with Gasteiger partial charge in [-0.15, -0.1) is 0 Å². The molecule has 0 atom stereocenters. The maximum absolute atomic E-state index is 11.9. The Kier molecular flexibility index (Phi) is 5.56. The van der Waals surface area contributed by atoms with Gasteiger partial charge in [-0.25, -0.2) is 4.79 Å². The summed E-state index contributed by atoms with van der Waals surface area (Å²) in [6.45, 7) is -0.524. The second kappa shape index (κ2) is 7.82. The zero-order chi connectivity index (χ0) is 17.5. The van der Waals surface area contributed by atoms with Crippen LogP contribution in [0, 0.1) is 0 Å². The first-order valence-electron chi connectivity index (χ1n) is 7.04. The predicted octanol–water partition coefficient (Wildman–Crippen LogP) is 0.964. The minimum Gasteiger partial charge on any atom is -0.459 e. The summed E-state index contributed by atoms with van der Waals surface area (Å²) in [4.78, 5) is 36.9. The van der Waals surface area contributed by atoms with Gasteiger partial charge in [-0.3, -0.25) is 20.4 Å². The van der Waals surface area contributed by atoms with Gasteiger partial charge in [0.15, 0.2) is 12.4 Å². The van der Waals surface area contributed by atoms with Crippen LogP contribution in [0.25, 0.3) is 0 Å². The van der Waals surface area contributed by atoms with Crippen molar-refractivity contribution in [3.63, 3.8) is 0 Å².